The number of aliphatic carboxylic acids is 1. The van der Waals surface area contributed by atoms with E-state index < -0.39 is 5.97 Å². The van der Waals surface area contributed by atoms with Gasteiger partial charge in [0.05, 0.1) is 11.4 Å². The highest BCUT2D eigenvalue weighted by atomic mass is 32.2. The molecule has 7 heteroatoms. The Morgan fingerprint density at radius 1 is 1.43 bits per heavy atom. The predicted molar refractivity (Wildman–Crippen MR) is 83.8 cm³/mol. The maximum atomic E-state index is 10.9. The molecule has 2 aromatic heterocycles. The van der Waals surface area contributed by atoms with Gasteiger partial charge in [-0.05, 0) is 19.8 Å². The lowest BCUT2D eigenvalue weighted by Gasteiger charge is -2.19. The zero-order valence-electron chi connectivity index (χ0n) is 13.0. The van der Waals surface area contributed by atoms with Gasteiger partial charge in [0.15, 0.2) is 10.8 Å². The maximum Gasteiger partial charge on any atom is 0.313 e. The number of imidazole rings is 1. The lowest BCUT2D eigenvalue weighted by Crippen LogP contribution is -2.12. The highest BCUT2D eigenvalue weighted by molar-refractivity contribution is 7.99. The van der Waals surface area contributed by atoms with Crippen molar-refractivity contribution in [3.8, 4) is 0 Å². The van der Waals surface area contributed by atoms with Gasteiger partial charge in [-0.25, -0.2) is 4.98 Å². The Morgan fingerprint density at radius 2 is 2.14 bits per heavy atom. The molecule has 1 atom stereocenters. The van der Waals surface area contributed by atoms with Crippen LogP contribution in [0.2, 0.25) is 0 Å². The van der Waals surface area contributed by atoms with Crippen LogP contribution in [-0.4, -0.2) is 36.2 Å². The summed E-state index contributed by atoms with van der Waals surface area (Å²) in [6, 6.07) is 0.325. The summed E-state index contributed by atoms with van der Waals surface area (Å²) in [4.78, 5) is 15.5. The van der Waals surface area contributed by atoms with Crippen LogP contribution in [-0.2, 0) is 11.8 Å². The van der Waals surface area contributed by atoms with Gasteiger partial charge in [0.25, 0.3) is 0 Å². The summed E-state index contributed by atoms with van der Waals surface area (Å²) in [5.74, 6) is -0.796. The Labute approximate surface area is 128 Å². The second-order valence-corrected chi connectivity index (χ2v) is 6.12. The molecule has 0 saturated heterocycles. The highest BCUT2D eigenvalue weighted by Gasteiger charge is 2.22. The van der Waals surface area contributed by atoms with E-state index >= 15 is 0 Å². The number of hydrogen-bond acceptors (Lipinski definition) is 4. The molecule has 0 aliphatic heterocycles. The van der Waals surface area contributed by atoms with E-state index in [2.05, 4.69) is 28.5 Å². The van der Waals surface area contributed by atoms with E-state index in [1.54, 1.807) is 0 Å². The minimum absolute atomic E-state index is 0.0261. The van der Waals surface area contributed by atoms with Gasteiger partial charge in [-0.1, -0.05) is 32.0 Å². The number of aryl methyl sites for hydroxylation is 2. The van der Waals surface area contributed by atoms with Crippen LogP contribution in [0.1, 0.15) is 44.8 Å². The van der Waals surface area contributed by atoms with Crippen LogP contribution in [0.5, 0.6) is 0 Å². The first kappa shape index (κ1) is 15.9. The van der Waals surface area contributed by atoms with Crippen molar-refractivity contribution in [2.45, 2.75) is 51.2 Å². The van der Waals surface area contributed by atoms with E-state index in [4.69, 9.17) is 5.11 Å². The Hall–Kier alpha value is -1.50. The first-order valence-corrected chi connectivity index (χ1v) is 8.24. The molecule has 21 heavy (non-hydrogen) atoms. The zero-order valence-corrected chi connectivity index (χ0v) is 13.8. The number of aromatic nitrogens is 4. The summed E-state index contributed by atoms with van der Waals surface area (Å²) in [6.07, 6.45) is 3.12. The molecule has 0 amide bonds. The number of carboxylic acid groups (broad SMARTS) is 1. The van der Waals surface area contributed by atoms with Gasteiger partial charge in [-0.2, -0.15) is 5.10 Å². The van der Waals surface area contributed by atoms with Crippen LogP contribution in [0, 0.1) is 6.92 Å². The standard InChI is InChI=1S/C14H22N4O2S/c1-5-7-10(6-2)18-13-12(9(3)16-17(13)4)15-14(18)21-8-11(19)20/h10H,5-8H2,1-4H3,(H,19,20). The van der Waals surface area contributed by atoms with Crippen molar-refractivity contribution in [3.63, 3.8) is 0 Å². The minimum Gasteiger partial charge on any atom is -0.481 e. The number of thioether (sulfide) groups is 1. The molecule has 2 aromatic rings. The fourth-order valence-corrected chi connectivity index (χ4v) is 3.47. The topological polar surface area (TPSA) is 72.9 Å². The van der Waals surface area contributed by atoms with Crippen molar-refractivity contribution >= 4 is 28.9 Å². The van der Waals surface area contributed by atoms with Crippen molar-refractivity contribution < 1.29 is 9.90 Å². The molecule has 0 aliphatic carbocycles. The largest absolute Gasteiger partial charge is 0.481 e. The molecule has 0 saturated carbocycles. The summed E-state index contributed by atoms with van der Waals surface area (Å²) in [5.41, 5.74) is 2.75. The number of hydrogen-bond donors (Lipinski definition) is 1. The SMILES string of the molecule is CCCC(CC)n1c(SCC(=O)O)nc2c(C)nn(C)c21. The third-order valence-electron chi connectivity index (χ3n) is 3.59. The van der Waals surface area contributed by atoms with Gasteiger partial charge in [0.1, 0.15) is 5.52 Å². The molecule has 1 unspecified atom stereocenters. The minimum atomic E-state index is -0.822. The van der Waals surface area contributed by atoms with Gasteiger partial charge in [-0.15, -0.1) is 0 Å². The predicted octanol–water partition coefficient (Wildman–Crippen LogP) is 3.01. The fourth-order valence-electron chi connectivity index (χ4n) is 2.68. The van der Waals surface area contributed by atoms with Crippen LogP contribution < -0.4 is 0 Å². The molecule has 2 heterocycles. The maximum absolute atomic E-state index is 10.9. The van der Waals surface area contributed by atoms with Crippen molar-refractivity contribution in [1.82, 2.24) is 19.3 Å². The van der Waals surface area contributed by atoms with Crippen LogP contribution in [0.15, 0.2) is 5.16 Å². The van der Waals surface area contributed by atoms with Crippen LogP contribution >= 0.6 is 11.8 Å². The third kappa shape index (κ3) is 3.07. The summed E-state index contributed by atoms with van der Waals surface area (Å²) < 4.78 is 4.02. The molecule has 0 spiro atoms. The van der Waals surface area contributed by atoms with Gasteiger partial charge in [0.2, 0.25) is 0 Å². The van der Waals surface area contributed by atoms with Crippen molar-refractivity contribution in [2.24, 2.45) is 7.05 Å². The second kappa shape index (κ2) is 6.51. The number of rotatable bonds is 7. The first-order chi connectivity index (χ1) is 9.99. The molecule has 0 bridgehead atoms. The Morgan fingerprint density at radius 3 is 2.71 bits per heavy atom. The van der Waals surface area contributed by atoms with Crippen molar-refractivity contribution in [2.75, 3.05) is 5.75 Å². The van der Waals surface area contributed by atoms with E-state index in [9.17, 15) is 4.79 Å². The monoisotopic (exact) mass is 310 g/mol. The van der Waals surface area contributed by atoms with Crippen molar-refractivity contribution in [3.05, 3.63) is 5.69 Å². The molecule has 0 radical (unpaired) electrons. The summed E-state index contributed by atoms with van der Waals surface area (Å²) in [6.45, 7) is 6.25. The zero-order chi connectivity index (χ0) is 15.6. The van der Waals surface area contributed by atoms with Gasteiger partial charge in [-0.3, -0.25) is 9.48 Å². The average molecular weight is 310 g/mol. The molecule has 2 rings (SSSR count). The first-order valence-electron chi connectivity index (χ1n) is 7.25. The third-order valence-corrected chi connectivity index (χ3v) is 4.52. The van der Waals surface area contributed by atoms with E-state index in [1.807, 2.05) is 18.7 Å². The normalized spacial score (nSPS) is 13.0. The van der Waals surface area contributed by atoms with Crippen LogP contribution in [0.3, 0.4) is 0 Å². The van der Waals surface area contributed by atoms with Crippen LogP contribution in [0.25, 0.3) is 11.2 Å². The number of fused-ring (bicyclic) bond motifs is 1. The lowest BCUT2D eigenvalue weighted by molar-refractivity contribution is -0.133. The Bertz CT molecular complexity index is 647. The van der Waals surface area contributed by atoms with E-state index in [0.717, 1.165) is 41.3 Å². The number of nitrogens with zero attached hydrogens (tertiary/aromatic N) is 4. The fraction of sp³-hybridized carbons (Fsp3) is 0.643. The van der Waals surface area contributed by atoms with Crippen LogP contribution in [0.4, 0.5) is 0 Å². The van der Waals surface area contributed by atoms with E-state index in [0.29, 0.717) is 6.04 Å². The molecule has 0 aliphatic rings. The quantitative estimate of drug-likeness (QED) is 0.796. The number of carboxylic acids is 1. The molecular formula is C14H22N4O2S. The lowest BCUT2D eigenvalue weighted by atomic mass is 10.1. The number of carbonyl (C=O) groups is 1. The van der Waals surface area contributed by atoms with Gasteiger partial charge < -0.3 is 9.67 Å². The van der Waals surface area contributed by atoms with Gasteiger partial charge in [0, 0.05) is 13.1 Å². The van der Waals surface area contributed by atoms with E-state index in [-0.39, 0.29) is 5.75 Å². The molecule has 6 nitrogen and oxygen atoms in total. The summed E-state index contributed by atoms with van der Waals surface area (Å²) in [5, 5.41) is 14.1. The Balaban J connectivity index is 2.54. The summed E-state index contributed by atoms with van der Waals surface area (Å²) >= 11 is 1.28. The average Bonchev–Trinajstić information content (AvgIpc) is 2.93. The molecule has 0 fully saturated rings. The molecule has 1 N–H and O–H groups in total. The Kier molecular flexibility index (Phi) is 4.92. The van der Waals surface area contributed by atoms with Gasteiger partial charge >= 0.3 is 5.97 Å². The molecule has 116 valence electrons. The van der Waals surface area contributed by atoms with Crippen molar-refractivity contribution in [1.29, 1.82) is 0 Å². The molecule has 0 aromatic carbocycles. The smallest absolute Gasteiger partial charge is 0.313 e. The second-order valence-electron chi connectivity index (χ2n) is 5.18. The highest BCUT2D eigenvalue weighted by Crippen LogP contribution is 2.32. The van der Waals surface area contributed by atoms with E-state index in [1.165, 1.54) is 11.8 Å². The molecular weight excluding hydrogens is 288 g/mol. The summed E-state index contributed by atoms with van der Waals surface area (Å²) in [7, 11) is 1.91.